The summed E-state index contributed by atoms with van der Waals surface area (Å²) in [6.07, 6.45) is 1.57. The summed E-state index contributed by atoms with van der Waals surface area (Å²) in [4.78, 5) is 26.1. The van der Waals surface area contributed by atoms with Gasteiger partial charge in [-0.2, -0.15) is 0 Å². The smallest absolute Gasteiger partial charge is 0.227 e. The lowest BCUT2D eigenvalue weighted by atomic mass is 9.89. The van der Waals surface area contributed by atoms with Crippen molar-refractivity contribution in [2.45, 2.75) is 32.7 Å². The molecule has 1 aromatic heterocycles. The van der Waals surface area contributed by atoms with Gasteiger partial charge in [-0.15, -0.1) is 0 Å². The second-order valence-corrected chi connectivity index (χ2v) is 6.26. The molecule has 1 aliphatic heterocycles. The molecule has 3 rings (SSSR count). The number of benzene rings is 1. The highest BCUT2D eigenvalue weighted by atomic mass is 16.5. The van der Waals surface area contributed by atoms with Crippen molar-refractivity contribution in [2.75, 3.05) is 12.4 Å². The van der Waals surface area contributed by atoms with Crippen LogP contribution >= 0.6 is 0 Å². The van der Waals surface area contributed by atoms with Gasteiger partial charge < -0.3 is 14.7 Å². The van der Waals surface area contributed by atoms with Crippen molar-refractivity contribution in [2.24, 2.45) is 5.92 Å². The number of fused-ring (bicyclic) bond motifs is 1. The van der Waals surface area contributed by atoms with Gasteiger partial charge in [0.05, 0.1) is 6.54 Å². The Morgan fingerprint density at radius 3 is 2.96 bits per heavy atom. The zero-order chi connectivity index (χ0) is 17.1. The van der Waals surface area contributed by atoms with Gasteiger partial charge in [-0.1, -0.05) is 23.4 Å². The molecule has 1 N–H and O–H groups in total. The standard InChI is InChI=1S/C18H21N3O3/c1-12-9-15(20-24-12)11-21(2)17(22)8-7-14-10-13-5-3-4-6-16(13)19-18(14)23/h3-6,9,14H,7-8,10-11H2,1-2H3,(H,19,23)/t14-/m0/s1. The number of carbonyl (C=O) groups excluding carboxylic acids is 2. The van der Waals surface area contributed by atoms with Gasteiger partial charge in [-0.3, -0.25) is 9.59 Å². The molecule has 2 amide bonds. The molecule has 2 heterocycles. The van der Waals surface area contributed by atoms with E-state index in [4.69, 9.17) is 4.52 Å². The average molecular weight is 327 g/mol. The molecule has 24 heavy (non-hydrogen) atoms. The van der Waals surface area contributed by atoms with E-state index in [1.807, 2.05) is 37.3 Å². The Hall–Kier alpha value is -2.63. The Balaban J connectivity index is 1.53. The third-order valence-electron chi connectivity index (χ3n) is 4.32. The fraction of sp³-hybridized carbons (Fsp3) is 0.389. The number of amides is 2. The van der Waals surface area contributed by atoms with Crippen LogP contribution in [-0.4, -0.2) is 28.9 Å². The van der Waals surface area contributed by atoms with Crippen LogP contribution < -0.4 is 5.32 Å². The van der Waals surface area contributed by atoms with Gasteiger partial charge in [0, 0.05) is 31.1 Å². The maximum Gasteiger partial charge on any atom is 0.227 e. The fourth-order valence-electron chi connectivity index (χ4n) is 2.96. The van der Waals surface area contributed by atoms with Crippen LogP contribution in [0.15, 0.2) is 34.9 Å². The molecule has 0 aliphatic carbocycles. The summed E-state index contributed by atoms with van der Waals surface area (Å²) in [5.41, 5.74) is 2.73. The largest absolute Gasteiger partial charge is 0.361 e. The third-order valence-corrected chi connectivity index (χ3v) is 4.32. The highest BCUT2D eigenvalue weighted by molar-refractivity contribution is 5.96. The molecule has 6 nitrogen and oxygen atoms in total. The van der Waals surface area contributed by atoms with E-state index in [2.05, 4.69) is 10.5 Å². The summed E-state index contributed by atoms with van der Waals surface area (Å²) in [5, 5.41) is 6.81. The summed E-state index contributed by atoms with van der Waals surface area (Å²) >= 11 is 0. The zero-order valence-corrected chi connectivity index (χ0v) is 13.9. The van der Waals surface area contributed by atoms with Gasteiger partial charge in [0.2, 0.25) is 11.8 Å². The van der Waals surface area contributed by atoms with Gasteiger partial charge in [-0.05, 0) is 31.4 Å². The molecule has 0 spiro atoms. The lowest BCUT2D eigenvalue weighted by Gasteiger charge is -2.25. The van der Waals surface area contributed by atoms with Crippen LogP contribution in [0.4, 0.5) is 5.69 Å². The molecule has 0 unspecified atom stereocenters. The molecular weight excluding hydrogens is 306 g/mol. The molecule has 0 fully saturated rings. The minimum Gasteiger partial charge on any atom is -0.361 e. The molecule has 2 aromatic rings. The molecule has 1 aliphatic rings. The van der Waals surface area contributed by atoms with Crippen molar-refractivity contribution in [1.29, 1.82) is 0 Å². The number of hydrogen-bond donors (Lipinski definition) is 1. The van der Waals surface area contributed by atoms with E-state index >= 15 is 0 Å². The summed E-state index contributed by atoms with van der Waals surface area (Å²) < 4.78 is 5.01. The molecule has 1 atom stereocenters. The fourth-order valence-corrected chi connectivity index (χ4v) is 2.96. The number of para-hydroxylation sites is 1. The maximum atomic E-state index is 12.3. The Labute approximate surface area is 140 Å². The minimum absolute atomic E-state index is 0.00214. The predicted molar refractivity (Wildman–Crippen MR) is 89.2 cm³/mol. The quantitative estimate of drug-likeness (QED) is 0.915. The van der Waals surface area contributed by atoms with Crippen molar-refractivity contribution < 1.29 is 14.1 Å². The van der Waals surface area contributed by atoms with E-state index in [1.54, 1.807) is 11.9 Å². The van der Waals surface area contributed by atoms with Crippen LogP contribution in [0, 0.1) is 12.8 Å². The normalized spacial score (nSPS) is 16.4. The lowest BCUT2D eigenvalue weighted by molar-refractivity contribution is -0.131. The lowest BCUT2D eigenvalue weighted by Crippen LogP contribution is -2.32. The van der Waals surface area contributed by atoms with E-state index in [-0.39, 0.29) is 17.7 Å². The number of aromatic nitrogens is 1. The molecule has 1 aromatic carbocycles. The SMILES string of the molecule is Cc1cc(CN(C)C(=O)CC[C@H]2Cc3ccccc3NC2=O)no1. The van der Waals surface area contributed by atoms with Crippen LogP contribution in [0.5, 0.6) is 0 Å². The second kappa shape index (κ2) is 6.86. The molecule has 0 saturated carbocycles. The van der Waals surface area contributed by atoms with E-state index in [0.717, 1.165) is 22.7 Å². The number of nitrogens with one attached hydrogen (secondary N) is 1. The van der Waals surface area contributed by atoms with Crippen molar-refractivity contribution in [3.63, 3.8) is 0 Å². The van der Waals surface area contributed by atoms with Crippen molar-refractivity contribution in [3.8, 4) is 0 Å². The maximum absolute atomic E-state index is 12.3. The molecule has 6 heteroatoms. The van der Waals surface area contributed by atoms with Gasteiger partial charge in [0.1, 0.15) is 11.5 Å². The van der Waals surface area contributed by atoms with Crippen LogP contribution in [0.3, 0.4) is 0 Å². The summed E-state index contributed by atoms with van der Waals surface area (Å²) in [5.74, 6) is 0.563. The number of aryl methyl sites for hydroxylation is 1. The highest BCUT2D eigenvalue weighted by Crippen LogP contribution is 2.27. The van der Waals surface area contributed by atoms with E-state index in [1.165, 1.54) is 0 Å². The van der Waals surface area contributed by atoms with E-state index in [0.29, 0.717) is 25.8 Å². The molecule has 0 bridgehead atoms. The topological polar surface area (TPSA) is 75.4 Å². The second-order valence-electron chi connectivity index (χ2n) is 6.26. The number of rotatable bonds is 5. The summed E-state index contributed by atoms with van der Waals surface area (Å²) in [6.45, 7) is 2.23. The zero-order valence-electron chi connectivity index (χ0n) is 13.9. The van der Waals surface area contributed by atoms with E-state index < -0.39 is 0 Å². The van der Waals surface area contributed by atoms with Crippen LogP contribution in [0.25, 0.3) is 0 Å². The first kappa shape index (κ1) is 16.2. The first-order valence-electron chi connectivity index (χ1n) is 8.08. The number of nitrogens with zero attached hydrogens (tertiary/aromatic N) is 2. The van der Waals surface area contributed by atoms with E-state index in [9.17, 15) is 9.59 Å². The molecule has 0 radical (unpaired) electrons. The molecule has 0 saturated heterocycles. The third kappa shape index (κ3) is 3.64. The molecular formula is C18H21N3O3. The monoisotopic (exact) mass is 327 g/mol. The van der Waals surface area contributed by atoms with Crippen LogP contribution in [0.2, 0.25) is 0 Å². The van der Waals surface area contributed by atoms with Crippen molar-refractivity contribution >= 4 is 17.5 Å². The van der Waals surface area contributed by atoms with Crippen LogP contribution in [-0.2, 0) is 22.6 Å². The summed E-state index contributed by atoms with van der Waals surface area (Å²) in [6, 6.07) is 9.61. The van der Waals surface area contributed by atoms with Gasteiger partial charge in [0.15, 0.2) is 0 Å². The minimum atomic E-state index is -0.161. The number of anilines is 1. The highest BCUT2D eigenvalue weighted by Gasteiger charge is 2.26. The Morgan fingerprint density at radius 1 is 1.42 bits per heavy atom. The van der Waals surface area contributed by atoms with Crippen LogP contribution in [0.1, 0.15) is 29.9 Å². The summed E-state index contributed by atoms with van der Waals surface area (Å²) in [7, 11) is 1.74. The van der Waals surface area contributed by atoms with Gasteiger partial charge >= 0.3 is 0 Å². The average Bonchev–Trinajstić information content (AvgIpc) is 2.97. The molecule has 126 valence electrons. The Bertz CT molecular complexity index is 753. The Kier molecular flexibility index (Phi) is 4.64. The van der Waals surface area contributed by atoms with Crippen molar-refractivity contribution in [1.82, 2.24) is 10.1 Å². The predicted octanol–water partition coefficient (Wildman–Crippen LogP) is 2.53. The van der Waals surface area contributed by atoms with Crippen molar-refractivity contribution in [3.05, 3.63) is 47.3 Å². The number of hydrogen-bond acceptors (Lipinski definition) is 4. The Morgan fingerprint density at radius 2 is 2.21 bits per heavy atom. The number of carbonyl (C=O) groups is 2. The van der Waals surface area contributed by atoms with Gasteiger partial charge in [0.25, 0.3) is 0 Å². The first-order valence-corrected chi connectivity index (χ1v) is 8.08. The first-order chi connectivity index (χ1) is 11.5. The van der Waals surface area contributed by atoms with Gasteiger partial charge in [-0.25, -0.2) is 0 Å².